The van der Waals surface area contributed by atoms with E-state index in [0.29, 0.717) is 6.04 Å². The van der Waals surface area contributed by atoms with Gasteiger partial charge in [-0.2, -0.15) is 0 Å². The van der Waals surface area contributed by atoms with Crippen molar-refractivity contribution >= 4 is 0 Å². The van der Waals surface area contributed by atoms with Crippen molar-refractivity contribution in [1.29, 1.82) is 0 Å². The van der Waals surface area contributed by atoms with E-state index >= 15 is 0 Å². The first kappa shape index (κ1) is 15.2. The third kappa shape index (κ3) is 3.94. The number of morpholine rings is 1. The molecule has 5 nitrogen and oxygen atoms in total. The van der Waals surface area contributed by atoms with Gasteiger partial charge in [0.15, 0.2) is 0 Å². The zero-order valence-electron chi connectivity index (χ0n) is 13.1. The quantitative estimate of drug-likeness (QED) is 0.879. The Morgan fingerprint density at radius 1 is 1.23 bits per heavy atom. The molecule has 1 aliphatic heterocycles. The zero-order chi connectivity index (χ0) is 15.2. The van der Waals surface area contributed by atoms with Crippen LogP contribution in [0, 0.1) is 0 Å². The Hall–Kier alpha value is -1.69. The molecule has 1 unspecified atom stereocenters. The summed E-state index contributed by atoms with van der Waals surface area (Å²) >= 11 is 0. The molecular weight excluding hydrogens is 276 g/mol. The highest BCUT2D eigenvalue weighted by Crippen LogP contribution is 2.16. The van der Waals surface area contributed by atoms with Crippen molar-refractivity contribution < 1.29 is 4.74 Å². The van der Waals surface area contributed by atoms with Crippen LogP contribution in [0.5, 0.6) is 0 Å². The third-order valence-corrected chi connectivity index (χ3v) is 4.19. The number of hydrogen-bond donors (Lipinski definition) is 1. The van der Waals surface area contributed by atoms with Gasteiger partial charge in [-0.1, -0.05) is 30.3 Å². The number of benzene rings is 1. The number of aromatic nitrogens is 2. The summed E-state index contributed by atoms with van der Waals surface area (Å²) in [5, 5.41) is 3.68. The van der Waals surface area contributed by atoms with E-state index in [1.54, 1.807) is 0 Å². The molecule has 2 heterocycles. The average molecular weight is 300 g/mol. The first-order chi connectivity index (χ1) is 10.8. The molecule has 1 atom stereocenters. The van der Waals surface area contributed by atoms with Crippen LogP contribution in [0.1, 0.15) is 17.3 Å². The standard InChI is InChI=1S/C17H24N4O/c1-20-14-18-11-16(20)12-19-17(15-5-3-2-4-6-15)13-21-7-9-22-10-8-21/h2-6,11,14,17,19H,7-10,12-13H2,1H3. The molecule has 1 saturated heterocycles. The lowest BCUT2D eigenvalue weighted by atomic mass is 10.1. The van der Waals surface area contributed by atoms with Crippen LogP contribution >= 0.6 is 0 Å². The van der Waals surface area contributed by atoms with Crippen LogP contribution < -0.4 is 5.32 Å². The number of nitrogens with zero attached hydrogens (tertiary/aromatic N) is 3. The second kappa shape index (κ2) is 7.54. The SMILES string of the molecule is Cn1cncc1CNC(CN1CCOCC1)c1ccccc1. The molecule has 1 aromatic heterocycles. The lowest BCUT2D eigenvalue weighted by molar-refractivity contribution is 0.0333. The summed E-state index contributed by atoms with van der Waals surface area (Å²) in [6.07, 6.45) is 3.76. The number of ether oxygens (including phenoxy) is 1. The maximum Gasteiger partial charge on any atom is 0.0945 e. The molecule has 1 fully saturated rings. The molecule has 0 amide bonds. The van der Waals surface area contributed by atoms with E-state index < -0.39 is 0 Å². The largest absolute Gasteiger partial charge is 0.379 e. The molecule has 3 rings (SSSR count). The van der Waals surface area contributed by atoms with Gasteiger partial charge in [-0.05, 0) is 5.56 Å². The fourth-order valence-corrected chi connectivity index (χ4v) is 2.80. The van der Waals surface area contributed by atoms with Crippen molar-refractivity contribution in [2.24, 2.45) is 7.05 Å². The number of imidazole rings is 1. The van der Waals surface area contributed by atoms with Crippen LogP contribution in [0.15, 0.2) is 42.9 Å². The monoisotopic (exact) mass is 300 g/mol. The maximum atomic E-state index is 5.45. The highest BCUT2D eigenvalue weighted by atomic mass is 16.5. The van der Waals surface area contributed by atoms with Crippen molar-refractivity contribution in [1.82, 2.24) is 19.8 Å². The van der Waals surface area contributed by atoms with E-state index in [9.17, 15) is 0 Å². The van der Waals surface area contributed by atoms with Gasteiger partial charge in [0.25, 0.3) is 0 Å². The van der Waals surface area contributed by atoms with E-state index in [1.165, 1.54) is 11.3 Å². The van der Waals surface area contributed by atoms with Gasteiger partial charge < -0.3 is 14.6 Å². The Labute approximate surface area is 131 Å². The predicted molar refractivity (Wildman–Crippen MR) is 86.5 cm³/mol. The summed E-state index contributed by atoms with van der Waals surface area (Å²) in [6, 6.07) is 11.0. The van der Waals surface area contributed by atoms with Crippen LogP contribution in [-0.4, -0.2) is 47.3 Å². The summed E-state index contributed by atoms with van der Waals surface area (Å²) < 4.78 is 7.51. The van der Waals surface area contributed by atoms with Crippen molar-refractivity contribution in [2.45, 2.75) is 12.6 Å². The van der Waals surface area contributed by atoms with Gasteiger partial charge in [0.05, 0.1) is 25.2 Å². The summed E-state index contributed by atoms with van der Waals surface area (Å²) in [6.45, 7) is 5.52. The topological polar surface area (TPSA) is 42.3 Å². The normalized spacial score (nSPS) is 17.5. The van der Waals surface area contributed by atoms with E-state index in [1.807, 2.05) is 19.6 Å². The van der Waals surface area contributed by atoms with Crippen molar-refractivity contribution in [2.75, 3.05) is 32.8 Å². The van der Waals surface area contributed by atoms with Crippen LogP contribution in [0.25, 0.3) is 0 Å². The summed E-state index contributed by atoms with van der Waals surface area (Å²) in [5.41, 5.74) is 2.53. The molecule has 0 radical (unpaired) electrons. The predicted octanol–water partition coefficient (Wildman–Crippen LogP) is 1.58. The van der Waals surface area contributed by atoms with E-state index in [0.717, 1.165) is 39.4 Å². The molecule has 1 aromatic carbocycles. The molecule has 1 aliphatic rings. The lowest BCUT2D eigenvalue weighted by Crippen LogP contribution is -2.41. The summed E-state index contributed by atoms with van der Waals surface area (Å²) in [5.74, 6) is 0. The minimum absolute atomic E-state index is 0.314. The molecule has 5 heteroatoms. The van der Waals surface area contributed by atoms with Gasteiger partial charge in [-0.15, -0.1) is 0 Å². The summed E-state index contributed by atoms with van der Waals surface area (Å²) in [4.78, 5) is 6.65. The minimum Gasteiger partial charge on any atom is -0.379 e. The van der Waals surface area contributed by atoms with Crippen LogP contribution in [0.4, 0.5) is 0 Å². The fourth-order valence-electron chi connectivity index (χ4n) is 2.80. The van der Waals surface area contributed by atoms with Crippen LogP contribution in [0.3, 0.4) is 0 Å². The molecule has 1 N–H and O–H groups in total. The smallest absolute Gasteiger partial charge is 0.0945 e. The van der Waals surface area contributed by atoms with Gasteiger partial charge >= 0.3 is 0 Å². The van der Waals surface area contributed by atoms with Crippen molar-refractivity contribution in [3.8, 4) is 0 Å². The second-order valence-electron chi connectivity index (χ2n) is 5.75. The Morgan fingerprint density at radius 3 is 2.68 bits per heavy atom. The number of nitrogens with one attached hydrogen (secondary N) is 1. The Bertz CT molecular complexity index is 563. The number of aryl methyl sites for hydroxylation is 1. The van der Waals surface area contributed by atoms with Gasteiger partial charge in [0.1, 0.15) is 0 Å². The van der Waals surface area contributed by atoms with Gasteiger partial charge in [-0.25, -0.2) is 4.98 Å². The molecule has 0 aliphatic carbocycles. The third-order valence-electron chi connectivity index (χ3n) is 4.19. The molecule has 0 spiro atoms. The molecule has 22 heavy (non-hydrogen) atoms. The Balaban J connectivity index is 1.67. The lowest BCUT2D eigenvalue weighted by Gasteiger charge is -2.31. The zero-order valence-corrected chi connectivity index (χ0v) is 13.1. The minimum atomic E-state index is 0.314. The number of rotatable bonds is 6. The van der Waals surface area contributed by atoms with E-state index in [-0.39, 0.29) is 0 Å². The van der Waals surface area contributed by atoms with Crippen molar-refractivity contribution in [3.05, 3.63) is 54.1 Å². The Morgan fingerprint density at radius 2 is 2.00 bits per heavy atom. The van der Waals surface area contributed by atoms with E-state index in [4.69, 9.17) is 4.74 Å². The maximum absolute atomic E-state index is 5.45. The first-order valence-electron chi connectivity index (χ1n) is 7.86. The Kier molecular flexibility index (Phi) is 5.21. The van der Waals surface area contributed by atoms with Gasteiger partial charge in [-0.3, -0.25) is 4.90 Å². The first-order valence-corrected chi connectivity index (χ1v) is 7.86. The molecular formula is C17H24N4O. The average Bonchev–Trinajstić information content (AvgIpc) is 2.98. The molecule has 0 bridgehead atoms. The highest BCUT2D eigenvalue weighted by Gasteiger charge is 2.18. The molecule has 0 saturated carbocycles. The molecule has 2 aromatic rings. The second-order valence-corrected chi connectivity index (χ2v) is 5.75. The van der Waals surface area contributed by atoms with Crippen LogP contribution in [-0.2, 0) is 18.3 Å². The van der Waals surface area contributed by atoms with E-state index in [2.05, 4.69) is 50.1 Å². The summed E-state index contributed by atoms with van der Waals surface area (Å²) in [7, 11) is 2.03. The van der Waals surface area contributed by atoms with Gasteiger partial charge in [0.2, 0.25) is 0 Å². The van der Waals surface area contributed by atoms with Crippen molar-refractivity contribution in [3.63, 3.8) is 0 Å². The number of hydrogen-bond acceptors (Lipinski definition) is 4. The van der Waals surface area contributed by atoms with Crippen LogP contribution in [0.2, 0.25) is 0 Å². The molecule has 118 valence electrons. The fraction of sp³-hybridized carbons (Fsp3) is 0.471. The van der Waals surface area contributed by atoms with Gasteiger partial charge in [0, 0.05) is 45.5 Å². The highest BCUT2D eigenvalue weighted by molar-refractivity contribution is 5.19.